The molecule has 2 aromatic heterocycles. The van der Waals surface area contributed by atoms with Crippen LogP contribution in [0, 0.1) is 0 Å². The lowest BCUT2D eigenvalue weighted by atomic mass is 10.2. The number of halogens is 2. The maximum atomic E-state index is 6.15. The average Bonchev–Trinajstić information content (AvgIpc) is 2.45. The summed E-state index contributed by atoms with van der Waals surface area (Å²) in [5, 5.41) is 1.46. The van der Waals surface area contributed by atoms with E-state index in [-0.39, 0.29) is 0 Å². The Balaban J connectivity index is 2.09. The normalized spacial score (nSPS) is 10.7. The van der Waals surface area contributed by atoms with Crippen LogP contribution < -0.4 is 10.5 Å². The first-order valence-electron chi connectivity index (χ1n) is 5.77. The van der Waals surface area contributed by atoms with Crippen LogP contribution in [0.1, 0.15) is 0 Å². The number of nitrogens with zero attached hydrogens (tertiary/aromatic N) is 2. The molecule has 2 heterocycles. The number of fused-ring (bicyclic) bond motifs is 1. The summed E-state index contributed by atoms with van der Waals surface area (Å²) in [6.45, 7) is 0. The minimum absolute atomic E-state index is 0.425. The highest BCUT2D eigenvalue weighted by atomic mass is 79.9. The molecule has 0 fully saturated rings. The lowest BCUT2D eigenvalue weighted by molar-refractivity contribution is 0.464. The summed E-state index contributed by atoms with van der Waals surface area (Å²) < 4.78 is 6.48. The Kier molecular flexibility index (Phi) is 3.46. The monoisotopic (exact) mass is 349 g/mol. The summed E-state index contributed by atoms with van der Waals surface area (Å²) in [6, 6.07) is 8.99. The number of rotatable bonds is 2. The predicted molar refractivity (Wildman–Crippen MR) is 83.2 cm³/mol. The van der Waals surface area contributed by atoms with E-state index >= 15 is 0 Å². The Morgan fingerprint density at radius 1 is 1.20 bits per heavy atom. The minimum Gasteiger partial charge on any atom is -0.436 e. The highest BCUT2D eigenvalue weighted by molar-refractivity contribution is 9.10. The van der Waals surface area contributed by atoms with Crippen LogP contribution in [0.4, 0.5) is 5.69 Å². The fraction of sp³-hybridized carbons (Fsp3) is 0. The van der Waals surface area contributed by atoms with Gasteiger partial charge in [0, 0.05) is 11.6 Å². The predicted octanol–water partition coefficient (Wildman–Crippen LogP) is 4.42. The molecule has 0 unspecified atom stereocenters. The number of nitrogens with two attached hydrogens (primary N) is 1. The Morgan fingerprint density at radius 2 is 2.05 bits per heavy atom. The van der Waals surface area contributed by atoms with Gasteiger partial charge in [0.2, 0.25) is 5.88 Å². The van der Waals surface area contributed by atoms with Crippen molar-refractivity contribution in [2.75, 3.05) is 5.73 Å². The Bertz CT molecular complexity index is 794. The quantitative estimate of drug-likeness (QED) is 0.743. The SMILES string of the molecule is Nc1cnc(Oc2ccc(Cl)c3cccnc23)c(Br)c1. The highest BCUT2D eigenvalue weighted by Gasteiger charge is 2.10. The van der Waals surface area contributed by atoms with E-state index in [2.05, 4.69) is 25.9 Å². The zero-order valence-electron chi connectivity index (χ0n) is 10.2. The van der Waals surface area contributed by atoms with Crippen molar-refractivity contribution in [1.29, 1.82) is 0 Å². The first-order valence-corrected chi connectivity index (χ1v) is 6.94. The smallest absolute Gasteiger partial charge is 0.233 e. The van der Waals surface area contributed by atoms with Crippen molar-refractivity contribution in [3.63, 3.8) is 0 Å². The standard InChI is InChI=1S/C14H9BrClN3O/c15-10-6-8(17)7-19-14(10)20-12-4-3-11(16)9-2-1-5-18-13(9)12/h1-7H,17H2. The van der Waals surface area contributed by atoms with Crippen LogP contribution in [0.3, 0.4) is 0 Å². The summed E-state index contributed by atoms with van der Waals surface area (Å²) >= 11 is 9.52. The Hall–Kier alpha value is -1.85. The zero-order chi connectivity index (χ0) is 14.1. The molecule has 0 saturated carbocycles. The van der Waals surface area contributed by atoms with Gasteiger partial charge in [-0.1, -0.05) is 11.6 Å². The lowest BCUT2D eigenvalue weighted by Crippen LogP contribution is -1.94. The van der Waals surface area contributed by atoms with Crippen LogP contribution in [0.2, 0.25) is 5.02 Å². The van der Waals surface area contributed by atoms with Crippen LogP contribution in [0.5, 0.6) is 11.6 Å². The van der Waals surface area contributed by atoms with Gasteiger partial charge >= 0.3 is 0 Å². The third kappa shape index (κ3) is 2.42. The van der Waals surface area contributed by atoms with E-state index in [4.69, 9.17) is 22.1 Å². The van der Waals surface area contributed by atoms with Crippen LogP contribution in [0.25, 0.3) is 10.9 Å². The second-order valence-corrected chi connectivity index (χ2v) is 5.36. The largest absolute Gasteiger partial charge is 0.436 e. The molecule has 0 amide bonds. The molecule has 0 aliphatic carbocycles. The van der Waals surface area contributed by atoms with Gasteiger partial charge in [0.25, 0.3) is 0 Å². The molecule has 0 radical (unpaired) electrons. The molecular formula is C14H9BrClN3O. The topological polar surface area (TPSA) is 61.0 Å². The maximum Gasteiger partial charge on any atom is 0.233 e. The van der Waals surface area contributed by atoms with Crippen molar-refractivity contribution in [3.05, 3.63) is 52.2 Å². The molecule has 0 bridgehead atoms. The van der Waals surface area contributed by atoms with E-state index in [0.29, 0.717) is 32.3 Å². The van der Waals surface area contributed by atoms with Crippen LogP contribution in [-0.2, 0) is 0 Å². The maximum absolute atomic E-state index is 6.15. The third-order valence-corrected chi connectivity index (χ3v) is 3.61. The fourth-order valence-electron chi connectivity index (χ4n) is 1.81. The van der Waals surface area contributed by atoms with Crippen molar-refractivity contribution in [3.8, 4) is 11.6 Å². The molecule has 100 valence electrons. The highest BCUT2D eigenvalue weighted by Crippen LogP contribution is 2.34. The third-order valence-electron chi connectivity index (χ3n) is 2.71. The molecule has 4 nitrogen and oxygen atoms in total. The van der Waals surface area contributed by atoms with E-state index in [9.17, 15) is 0 Å². The molecule has 0 aliphatic rings. The number of hydrogen-bond acceptors (Lipinski definition) is 4. The fourth-order valence-corrected chi connectivity index (χ4v) is 2.48. The van der Waals surface area contributed by atoms with Gasteiger partial charge in [-0.15, -0.1) is 0 Å². The molecule has 0 saturated heterocycles. The van der Waals surface area contributed by atoms with Gasteiger partial charge in [-0.25, -0.2) is 4.98 Å². The second-order valence-electron chi connectivity index (χ2n) is 4.10. The lowest BCUT2D eigenvalue weighted by Gasteiger charge is -2.09. The molecule has 20 heavy (non-hydrogen) atoms. The minimum atomic E-state index is 0.425. The number of pyridine rings is 2. The Labute approximate surface area is 128 Å². The van der Waals surface area contributed by atoms with E-state index in [1.165, 1.54) is 6.20 Å². The molecule has 0 aliphatic heterocycles. The van der Waals surface area contributed by atoms with Gasteiger partial charge in [0.05, 0.1) is 21.4 Å². The molecule has 0 atom stereocenters. The molecular weight excluding hydrogens is 342 g/mol. The van der Waals surface area contributed by atoms with Crippen molar-refractivity contribution < 1.29 is 4.74 Å². The number of nitrogen functional groups attached to an aromatic ring is 1. The van der Waals surface area contributed by atoms with Crippen LogP contribution in [-0.4, -0.2) is 9.97 Å². The molecule has 0 spiro atoms. The first kappa shape index (κ1) is 13.1. The first-order chi connectivity index (χ1) is 9.65. The van der Waals surface area contributed by atoms with Gasteiger partial charge < -0.3 is 10.5 Å². The molecule has 2 N–H and O–H groups in total. The van der Waals surface area contributed by atoms with Gasteiger partial charge in [-0.3, -0.25) is 4.98 Å². The molecule has 1 aromatic carbocycles. The summed E-state index contributed by atoms with van der Waals surface area (Å²) in [5.74, 6) is 1.01. The number of hydrogen-bond donors (Lipinski definition) is 1. The van der Waals surface area contributed by atoms with E-state index in [1.54, 1.807) is 24.4 Å². The molecule has 6 heteroatoms. The zero-order valence-corrected chi connectivity index (χ0v) is 12.5. The van der Waals surface area contributed by atoms with Gasteiger partial charge in [0.15, 0.2) is 5.75 Å². The number of aromatic nitrogens is 2. The van der Waals surface area contributed by atoms with Crippen molar-refractivity contribution in [2.24, 2.45) is 0 Å². The van der Waals surface area contributed by atoms with Crippen molar-refractivity contribution in [1.82, 2.24) is 9.97 Å². The Morgan fingerprint density at radius 3 is 2.85 bits per heavy atom. The number of ether oxygens (including phenoxy) is 1. The number of anilines is 1. The summed E-state index contributed by atoms with van der Waals surface area (Å²) in [6.07, 6.45) is 3.22. The van der Waals surface area contributed by atoms with E-state index in [1.807, 2.05) is 12.1 Å². The molecule has 3 aromatic rings. The van der Waals surface area contributed by atoms with Crippen LogP contribution >= 0.6 is 27.5 Å². The summed E-state index contributed by atoms with van der Waals surface area (Å²) in [7, 11) is 0. The van der Waals surface area contributed by atoms with Crippen LogP contribution in [0.15, 0.2) is 47.2 Å². The second kappa shape index (κ2) is 5.26. The summed E-state index contributed by atoms with van der Waals surface area (Å²) in [5.41, 5.74) is 6.90. The number of benzene rings is 1. The molecule has 3 rings (SSSR count). The van der Waals surface area contributed by atoms with Gasteiger partial charge in [-0.05, 0) is 46.3 Å². The summed E-state index contributed by atoms with van der Waals surface area (Å²) in [4.78, 5) is 8.46. The van der Waals surface area contributed by atoms with Gasteiger partial charge in [-0.2, -0.15) is 0 Å². The van der Waals surface area contributed by atoms with Crippen molar-refractivity contribution in [2.45, 2.75) is 0 Å². The van der Waals surface area contributed by atoms with Gasteiger partial charge in [0.1, 0.15) is 5.52 Å². The van der Waals surface area contributed by atoms with E-state index in [0.717, 1.165) is 5.39 Å². The van der Waals surface area contributed by atoms with E-state index < -0.39 is 0 Å². The van der Waals surface area contributed by atoms with Crippen molar-refractivity contribution >= 4 is 44.1 Å². The average molecular weight is 351 g/mol.